The summed E-state index contributed by atoms with van der Waals surface area (Å²) in [5.74, 6) is 1.50. The van der Waals surface area contributed by atoms with E-state index in [1.54, 1.807) is 31.4 Å². The molecule has 30 heavy (non-hydrogen) atoms. The smallest absolute Gasteiger partial charge is 0.416 e. The van der Waals surface area contributed by atoms with Crippen molar-refractivity contribution in [1.29, 1.82) is 0 Å². The van der Waals surface area contributed by atoms with Crippen molar-refractivity contribution in [3.05, 3.63) is 101 Å². The number of allylic oxidation sites excluding steroid dienone is 3. The zero-order valence-corrected chi connectivity index (χ0v) is 15.9. The predicted octanol–water partition coefficient (Wildman–Crippen LogP) is 6.17. The number of furan rings is 1. The molecule has 1 aliphatic carbocycles. The van der Waals surface area contributed by atoms with Crippen LogP contribution in [0.1, 0.15) is 17.0 Å². The van der Waals surface area contributed by atoms with Crippen molar-refractivity contribution in [2.45, 2.75) is 13.1 Å². The fourth-order valence-electron chi connectivity index (χ4n) is 2.96. The SMILES string of the molecule is C=C1C=C=C(Nc2cc(C)nc(-c3ccc(C(F)(F)F)cc3)n2)C=C1c1ccco1. The molecule has 150 valence electrons. The maximum atomic E-state index is 12.8. The fourth-order valence-corrected chi connectivity index (χ4v) is 2.96. The molecule has 2 heterocycles. The van der Waals surface area contributed by atoms with Crippen LogP contribution in [0.25, 0.3) is 17.0 Å². The lowest BCUT2D eigenvalue weighted by molar-refractivity contribution is -0.137. The number of hydrogen-bond acceptors (Lipinski definition) is 4. The van der Waals surface area contributed by atoms with Crippen LogP contribution in [0.2, 0.25) is 0 Å². The number of alkyl halides is 3. The lowest BCUT2D eigenvalue weighted by atomic mass is 10.0. The van der Waals surface area contributed by atoms with Crippen LogP contribution in [0.15, 0.2) is 88.9 Å². The van der Waals surface area contributed by atoms with Crippen LogP contribution in [-0.2, 0) is 6.18 Å². The quantitative estimate of drug-likeness (QED) is 0.526. The van der Waals surface area contributed by atoms with E-state index >= 15 is 0 Å². The Labute approximate surface area is 170 Å². The number of nitrogens with one attached hydrogen (secondary N) is 1. The summed E-state index contributed by atoms with van der Waals surface area (Å²) in [4.78, 5) is 8.79. The Kier molecular flexibility index (Phi) is 4.90. The molecule has 0 saturated heterocycles. The summed E-state index contributed by atoms with van der Waals surface area (Å²) in [6, 6.07) is 10.1. The van der Waals surface area contributed by atoms with Crippen molar-refractivity contribution in [1.82, 2.24) is 9.97 Å². The molecular weight excluding hydrogens is 391 g/mol. The minimum Gasteiger partial charge on any atom is -0.464 e. The van der Waals surface area contributed by atoms with E-state index in [1.165, 1.54) is 12.1 Å². The molecule has 1 aliphatic rings. The second-order valence-corrected chi connectivity index (χ2v) is 6.68. The number of hydrogen-bond donors (Lipinski definition) is 1. The lowest BCUT2D eigenvalue weighted by Gasteiger charge is -2.13. The molecule has 3 aromatic rings. The highest BCUT2D eigenvalue weighted by Gasteiger charge is 2.30. The first kappa shape index (κ1) is 19.5. The molecule has 0 radical (unpaired) electrons. The summed E-state index contributed by atoms with van der Waals surface area (Å²) in [5, 5.41) is 3.16. The van der Waals surface area contributed by atoms with Crippen molar-refractivity contribution in [2.75, 3.05) is 5.32 Å². The Hall–Kier alpha value is -3.83. The molecule has 0 atom stereocenters. The summed E-state index contributed by atoms with van der Waals surface area (Å²) < 4.78 is 43.8. The van der Waals surface area contributed by atoms with Gasteiger partial charge in [0.15, 0.2) is 5.82 Å². The molecule has 1 N–H and O–H groups in total. The predicted molar refractivity (Wildman–Crippen MR) is 108 cm³/mol. The normalized spacial score (nSPS) is 13.8. The molecule has 0 saturated carbocycles. The Morgan fingerprint density at radius 1 is 1.10 bits per heavy atom. The second kappa shape index (κ2) is 7.54. The Balaban J connectivity index is 1.63. The first-order valence-corrected chi connectivity index (χ1v) is 9.01. The molecule has 1 aromatic carbocycles. The minimum absolute atomic E-state index is 0.325. The van der Waals surface area contributed by atoms with Crippen LogP contribution in [0.4, 0.5) is 19.0 Å². The molecule has 0 spiro atoms. The summed E-state index contributed by atoms with van der Waals surface area (Å²) in [7, 11) is 0. The summed E-state index contributed by atoms with van der Waals surface area (Å²) in [6.45, 7) is 5.78. The van der Waals surface area contributed by atoms with Gasteiger partial charge in [0, 0.05) is 22.9 Å². The topological polar surface area (TPSA) is 51.0 Å². The van der Waals surface area contributed by atoms with E-state index < -0.39 is 11.7 Å². The highest BCUT2D eigenvalue weighted by molar-refractivity contribution is 5.82. The minimum atomic E-state index is -4.39. The Morgan fingerprint density at radius 3 is 2.53 bits per heavy atom. The maximum Gasteiger partial charge on any atom is 0.416 e. The van der Waals surface area contributed by atoms with Gasteiger partial charge in [-0.05, 0) is 48.9 Å². The maximum absolute atomic E-state index is 12.8. The Bertz CT molecular complexity index is 1200. The molecule has 7 heteroatoms. The number of halogens is 3. The first-order chi connectivity index (χ1) is 14.3. The fraction of sp³-hybridized carbons (Fsp3) is 0.0870. The van der Waals surface area contributed by atoms with E-state index in [0.717, 1.165) is 23.3 Å². The molecule has 0 unspecified atom stereocenters. The van der Waals surface area contributed by atoms with Crippen molar-refractivity contribution >= 4 is 11.4 Å². The van der Waals surface area contributed by atoms with E-state index in [4.69, 9.17) is 4.42 Å². The first-order valence-electron chi connectivity index (χ1n) is 9.01. The van der Waals surface area contributed by atoms with Crippen LogP contribution < -0.4 is 5.32 Å². The zero-order chi connectivity index (χ0) is 21.3. The largest absolute Gasteiger partial charge is 0.464 e. The number of nitrogens with zero attached hydrogens (tertiary/aromatic N) is 2. The van der Waals surface area contributed by atoms with Gasteiger partial charge >= 0.3 is 6.18 Å². The van der Waals surface area contributed by atoms with Crippen LogP contribution >= 0.6 is 0 Å². The number of aryl methyl sites for hydroxylation is 1. The molecule has 4 nitrogen and oxygen atoms in total. The van der Waals surface area contributed by atoms with Crippen LogP contribution in [0, 0.1) is 6.92 Å². The standard InChI is InChI=1S/C23H16F3N3O/c1-14-5-10-18(13-19(14)20-4-3-11-30-20)28-21-12-15(2)27-22(29-21)16-6-8-17(9-7-16)23(24,25)26/h3-9,11-13H,1H2,2H3,(H,27,28,29). The van der Waals surface area contributed by atoms with Gasteiger partial charge < -0.3 is 9.73 Å². The second-order valence-electron chi connectivity index (χ2n) is 6.68. The third-order valence-corrected chi connectivity index (χ3v) is 4.41. The number of benzene rings is 1. The van der Waals surface area contributed by atoms with Crippen LogP contribution in [-0.4, -0.2) is 9.97 Å². The molecular formula is C23H16F3N3O. The van der Waals surface area contributed by atoms with E-state index in [-0.39, 0.29) is 0 Å². The van der Waals surface area contributed by atoms with E-state index in [1.807, 2.05) is 12.1 Å². The molecule has 0 bridgehead atoms. The average molecular weight is 407 g/mol. The van der Waals surface area contributed by atoms with E-state index in [2.05, 4.69) is 27.6 Å². The van der Waals surface area contributed by atoms with Crippen LogP contribution in [0.5, 0.6) is 0 Å². The van der Waals surface area contributed by atoms with Gasteiger partial charge in [0.25, 0.3) is 0 Å². The van der Waals surface area contributed by atoms with Crippen LogP contribution in [0.3, 0.4) is 0 Å². The highest BCUT2D eigenvalue weighted by Crippen LogP contribution is 2.31. The van der Waals surface area contributed by atoms with Gasteiger partial charge in [-0.15, -0.1) is 0 Å². The van der Waals surface area contributed by atoms with Gasteiger partial charge in [-0.1, -0.05) is 24.4 Å². The van der Waals surface area contributed by atoms with Gasteiger partial charge in [0.2, 0.25) is 0 Å². The third kappa shape index (κ3) is 4.11. The van der Waals surface area contributed by atoms with Gasteiger partial charge in [0.1, 0.15) is 11.6 Å². The number of aromatic nitrogens is 2. The average Bonchev–Trinajstić information content (AvgIpc) is 3.23. The summed E-state index contributed by atoms with van der Waals surface area (Å²) in [5.41, 5.74) is 5.75. The highest BCUT2D eigenvalue weighted by atomic mass is 19.4. The van der Waals surface area contributed by atoms with Gasteiger partial charge in [-0.2, -0.15) is 13.2 Å². The third-order valence-electron chi connectivity index (χ3n) is 4.41. The van der Waals surface area contributed by atoms with Crippen molar-refractivity contribution in [2.24, 2.45) is 0 Å². The van der Waals surface area contributed by atoms with Crippen molar-refractivity contribution < 1.29 is 17.6 Å². The zero-order valence-electron chi connectivity index (χ0n) is 15.9. The van der Waals surface area contributed by atoms with E-state index in [0.29, 0.717) is 34.4 Å². The Morgan fingerprint density at radius 2 is 1.87 bits per heavy atom. The van der Waals surface area contributed by atoms with Crippen molar-refractivity contribution in [3.63, 3.8) is 0 Å². The molecule has 4 rings (SSSR count). The van der Waals surface area contributed by atoms with E-state index in [9.17, 15) is 13.2 Å². The van der Waals surface area contributed by atoms with Gasteiger partial charge in [-0.3, -0.25) is 0 Å². The number of rotatable bonds is 4. The summed E-state index contributed by atoms with van der Waals surface area (Å²) >= 11 is 0. The molecule has 2 aromatic heterocycles. The van der Waals surface area contributed by atoms with Gasteiger partial charge in [0.05, 0.1) is 17.5 Å². The van der Waals surface area contributed by atoms with Gasteiger partial charge in [-0.25, -0.2) is 9.97 Å². The molecule has 0 amide bonds. The number of anilines is 1. The summed E-state index contributed by atoms with van der Waals surface area (Å²) in [6.07, 6.45) is 0.782. The molecule has 0 fully saturated rings. The molecule has 0 aliphatic heterocycles. The van der Waals surface area contributed by atoms with Crippen molar-refractivity contribution in [3.8, 4) is 11.4 Å². The monoisotopic (exact) mass is 407 g/mol. The lowest BCUT2D eigenvalue weighted by Crippen LogP contribution is -2.05.